The van der Waals surface area contributed by atoms with Gasteiger partial charge in [0.05, 0.1) is 0 Å². The molecule has 0 aromatic rings. The molecule has 0 aromatic carbocycles. The zero-order valence-corrected chi connectivity index (χ0v) is 26.4. The van der Waals surface area contributed by atoms with E-state index in [0.29, 0.717) is 16.2 Å². The average molecular weight is 435 g/mol. The van der Waals surface area contributed by atoms with Gasteiger partial charge < -0.3 is 0 Å². The highest BCUT2D eigenvalue weighted by Crippen LogP contribution is 2.14. The molecule has 0 saturated heterocycles. The van der Waals surface area contributed by atoms with Gasteiger partial charge in [-0.2, -0.15) is 0 Å². The van der Waals surface area contributed by atoms with Crippen LogP contribution in [0.3, 0.4) is 0 Å². The van der Waals surface area contributed by atoms with E-state index in [2.05, 4.69) is 138 Å². The number of hydrogen-bond acceptors (Lipinski definition) is 0. The summed E-state index contributed by atoms with van der Waals surface area (Å²) in [5.74, 6) is 0. The largest absolute Gasteiger partial charge is 0.0656 e. The fourth-order valence-corrected chi connectivity index (χ4v) is 0. The summed E-state index contributed by atoms with van der Waals surface area (Å²) in [5.41, 5.74) is 1.50. The molecule has 30 heavy (non-hydrogen) atoms. The van der Waals surface area contributed by atoms with Crippen LogP contribution in [0.4, 0.5) is 0 Å². The summed E-state index contributed by atoms with van der Waals surface area (Å²) in [6, 6.07) is 0. The van der Waals surface area contributed by atoms with Gasteiger partial charge in [-0.25, -0.2) is 0 Å². The van der Waals surface area contributed by atoms with Crippen molar-refractivity contribution in [1.29, 1.82) is 0 Å². The van der Waals surface area contributed by atoms with E-state index in [1.54, 1.807) is 0 Å². The molecule has 1 saturated carbocycles. The Hall–Kier alpha value is 0. The lowest BCUT2D eigenvalue weighted by Gasteiger charge is -2.05. The molecule has 0 heteroatoms. The highest BCUT2D eigenvalue weighted by molar-refractivity contribution is 4.50. The first kappa shape index (κ1) is 47.7. The SMILES string of the molecule is C1CC1.CC(C)(C)C.CC(C)(C)C.CC(C)(C)C.CCC.CCC.CCC.CCC. The monoisotopic (exact) mass is 435 g/mol. The van der Waals surface area contributed by atoms with Crippen molar-refractivity contribution in [3.8, 4) is 0 Å². The summed E-state index contributed by atoms with van der Waals surface area (Å²) in [7, 11) is 0. The van der Waals surface area contributed by atoms with Crippen LogP contribution in [-0.2, 0) is 0 Å². The first-order chi connectivity index (χ1) is 13.2. The predicted molar refractivity (Wildman–Crippen MR) is 153 cm³/mol. The van der Waals surface area contributed by atoms with Crippen LogP contribution in [0.15, 0.2) is 0 Å². The zero-order chi connectivity index (χ0) is 26.4. The number of rotatable bonds is 0. The third-order valence-corrected chi connectivity index (χ3v) is 0.354. The zero-order valence-electron chi connectivity index (χ0n) is 26.4. The summed E-state index contributed by atoms with van der Waals surface area (Å²) in [5, 5.41) is 0. The van der Waals surface area contributed by atoms with E-state index in [0.717, 1.165) is 0 Å². The lowest BCUT2D eigenvalue weighted by Crippen LogP contribution is -1.93. The van der Waals surface area contributed by atoms with Gasteiger partial charge in [0.2, 0.25) is 0 Å². The molecule has 0 spiro atoms. The van der Waals surface area contributed by atoms with Gasteiger partial charge in [-0.3, -0.25) is 0 Å². The van der Waals surface area contributed by atoms with E-state index in [9.17, 15) is 0 Å². The Balaban J connectivity index is -0.0000000408. The molecular weight excluding hydrogens is 360 g/mol. The standard InChI is InChI=1S/3C5H12.C3H6.4C3H8/c3*1-5(2,3)4;1-2-3-1;4*1-3-2/h3*1-4H3;1-3H2;4*3H2,1-2H3. The minimum Gasteiger partial charge on any atom is -0.0656 e. The van der Waals surface area contributed by atoms with Gasteiger partial charge in [-0.15, -0.1) is 0 Å². The Morgan fingerprint density at radius 3 is 0.333 bits per heavy atom. The van der Waals surface area contributed by atoms with E-state index < -0.39 is 0 Å². The Labute approximate surface area is 199 Å². The molecule has 1 aliphatic rings. The van der Waals surface area contributed by atoms with Crippen LogP contribution < -0.4 is 0 Å². The topological polar surface area (TPSA) is 0 Å². The molecule has 0 radical (unpaired) electrons. The van der Waals surface area contributed by atoms with Gasteiger partial charge in [0, 0.05) is 0 Å². The van der Waals surface area contributed by atoms with E-state index in [-0.39, 0.29) is 0 Å². The molecule has 1 rings (SSSR count). The molecule has 0 N–H and O–H groups in total. The molecule has 1 fully saturated rings. The number of hydrogen-bond donors (Lipinski definition) is 0. The fourth-order valence-electron chi connectivity index (χ4n) is 0. The van der Waals surface area contributed by atoms with Crippen LogP contribution in [0, 0.1) is 16.2 Å². The van der Waals surface area contributed by atoms with Crippen molar-refractivity contribution >= 4 is 0 Å². The molecule has 0 aromatic heterocycles. The predicted octanol–water partition coefficient (Wildman–Crippen LogP) is 13.0. The average Bonchev–Trinajstić information content (AvgIpc) is 3.22. The van der Waals surface area contributed by atoms with Crippen molar-refractivity contribution in [3.63, 3.8) is 0 Å². The van der Waals surface area contributed by atoms with Gasteiger partial charge >= 0.3 is 0 Å². The third-order valence-electron chi connectivity index (χ3n) is 0.354. The normalized spacial score (nSPS) is 10.8. The minimum atomic E-state index is 0.500. The molecule has 0 aliphatic heterocycles. The Kier molecular flexibility index (Phi) is 57.8. The molecule has 1 aliphatic carbocycles. The van der Waals surface area contributed by atoms with Gasteiger partial charge in [-0.05, 0) is 16.2 Å². The van der Waals surface area contributed by atoms with E-state index in [1.807, 2.05) is 0 Å². The van der Waals surface area contributed by atoms with Crippen LogP contribution in [0.2, 0.25) is 0 Å². The second-order valence-corrected chi connectivity index (χ2v) is 12.9. The second kappa shape index (κ2) is 36.4. The maximum atomic E-state index is 2.19. The summed E-state index contributed by atoms with van der Waals surface area (Å²) < 4.78 is 0. The lowest BCUT2D eigenvalue weighted by molar-refractivity contribution is 0.469. The summed E-state index contributed by atoms with van der Waals surface area (Å²) >= 11 is 0. The summed E-state index contributed by atoms with van der Waals surface area (Å²) in [6.07, 6.45) is 9.50. The van der Waals surface area contributed by atoms with Crippen LogP contribution in [0.1, 0.15) is 183 Å². The molecule has 0 heterocycles. The molecule has 0 atom stereocenters. The molecular formula is C30H74. The Bertz CT molecular complexity index is 144. The van der Waals surface area contributed by atoms with E-state index in [1.165, 1.54) is 44.9 Å². The lowest BCUT2D eigenvalue weighted by atomic mass is 10.0. The molecule has 0 unspecified atom stereocenters. The molecule has 0 amide bonds. The first-order valence-corrected chi connectivity index (χ1v) is 13.2. The van der Waals surface area contributed by atoms with Crippen LogP contribution in [0.25, 0.3) is 0 Å². The second-order valence-electron chi connectivity index (χ2n) is 12.9. The molecule has 0 nitrogen and oxygen atoms in total. The van der Waals surface area contributed by atoms with Gasteiger partial charge in [0.25, 0.3) is 0 Å². The minimum absolute atomic E-state index is 0.500. The Morgan fingerprint density at radius 1 is 0.300 bits per heavy atom. The fraction of sp³-hybridized carbons (Fsp3) is 1.00. The van der Waals surface area contributed by atoms with Crippen molar-refractivity contribution in [3.05, 3.63) is 0 Å². The summed E-state index contributed by atoms with van der Waals surface area (Å²) in [4.78, 5) is 0. The van der Waals surface area contributed by atoms with E-state index in [4.69, 9.17) is 0 Å². The van der Waals surface area contributed by atoms with Crippen molar-refractivity contribution in [2.45, 2.75) is 183 Å². The van der Waals surface area contributed by atoms with Gasteiger partial charge in [0.1, 0.15) is 0 Å². The van der Waals surface area contributed by atoms with Gasteiger partial charge in [0.15, 0.2) is 0 Å². The van der Waals surface area contributed by atoms with Crippen LogP contribution in [-0.4, -0.2) is 0 Å². The van der Waals surface area contributed by atoms with Crippen LogP contribution in [0.5, 0.6) is 0 Å². The highest BCUT2D eigenvalue weighted by Gasteiger charge is 1.96. The highest BCUT2D eigenvalue weighted by atomic mass is 14.0. The molecule has 194 valence electrons. The first-order valence-electron chi connectivity index (χ1n) is 13.2. The Morgan fingerprint density at radius 2 is 0.333 bits per heavy atom. The van der Waals surface area contributed by atoms with Crippen molar-refractivity contribution in [2.24, 2.45) is 16.2 Å². The maximum absolute atomic E-state index is 2.19. The van der Waals surface area contributed by atoms with E-state index >= 15 is 0 Å². The molecule has 0 bridgehead atoms. The third kappa shape index (κ3) is 20400. The summed E-state index contributed by atoms with van der Waals surface area (Å²) in [6.45, 7) is 43.2. The quantitative estimate of drug-likeness (QED) is 0.355. The van der Waals surface area contributed by atoms with Crippen molar-refractivity contribution in [2.75, 3.05) is 0 Å². The van der Waals surface area contributed by atoms with Crippen molar-refractivity contribution in [1.82, 2.24) is 0 Å². The smallest absolute Gasteiger partial charge is 0.0411 e. The van der Waals surface area contributed by atoms with Crippen molar-refractivity contribution < 1.29 is 0 Å². The van der Waals surface area contributed by atoms with Crippen LogP contribution >= 0.6 is 0 Å². The maximum Gasteiger partial charge on any atom is -0.0411 e. The van der Waals surface area contributed by atoms with Gasteiger partial charge in [-0.1, -0.05) is 183 Å².